The van der Waals surface area contributed by atoms with Crippen LogP contribution < -0.4 is 5.32 Å². The molecule has 2 aromatic rings. The molecule has 1 atom stereocenters. The maximum atomic E-state index is 12.0. The van der Waals surface area contributed by atoms with Crippen molar-refractivity contribution in [1.82, 2.24) is 5.32 Å². The molecule has 1 N–H and O–H groups in total. The van der Waals surface area contributed by atoms with Crippen molar-refractivity contribution in [3.05, 3.63) is 70.8 Å². The van der Waals surface area contributed by atoms with Crippen molar-refractivity contribution in [2.75, 3.05) is 6.61 Å². The summed E-state index contributed by atoms with van der Waals surface area (Å²) in [6.45, 7) is 5.43. The molecule has 4 nitrogen and oxygen atoms in total. The number of hydrogen-bond acceptors (Lipinski definition) is 3. The molecule has 1 amide bonds. The zero-order valence-electron chi connectivity index (χ0n) is 13.6. The normalized spacial score (nSPS) is 11.6. The van der Waals surface area contributed by atoms with E-state index in [0.29, 0.717) is 5.56 Å². The standard InChI is InChI=1S/C19H21NO3/c1-13-9-14(2)11-17(10-13)19(22)23-12-18(21)20-15(3)16-7-5-4-6-8-16/h4-11,15H,12H2,1-3H3,(H,20,21)/t15-/m1/s1. The molecule has 2 aromatic carbocycles. The second-order valence-electron chi connectivity index (χ2n) is 5.65. The Bertz CT molecular complexity index is 675. The second-order valence-corrected chi connectivity index (χ2v) is 5.65. The van der Waals surface area contributed by atoms with Gasteiger partial charge >= 0.3 is 5.97 Å². The predicted octanol–water partition coefficient (Wildman–Crippen LogP) is 3.34. The van der Waals surface area contributed by atoms with Gasteiger partial charge in [0.1, 0.15) is 0 Å². The van der Waals surface area contributed by atoms with Gasteiger partial charge in [0.15, 0.2) is 6.61 Å². The average Bonchev–Trinajstić information content (AvgIpc) is 2.52. The van der Waals surface area contributed by atoms with Crippen molar-refractivity contribution in [2.24, 2.45) is 0 Å². The summed E-state index contributed by atoms with van der Waals surface area (Å²) in [5.74, 6) is -0.807. The van der Waals surface area contributed by atoms with E-state index in [9.17, 15) is 9.59 Å². The van der Waals surface area contributed by atoms with Gasteiger partial charge in [-0.25, -0.2) is 4.79 Å². The van der Waals surface area contributed by atoms with Gasteiger partial charge in [-0.1, -0.05) is 47.5 Å². The molecule has 0 aromatic heterocycles. The lowest BCUT2D eigenvalue weighted by Crippen LogP contribution is -2.31. The number of ether oxygens (including phenoxy) is 1. The first-order chi connectivity index (χ1) is 11.0. The number of amides is 1. The number of rotatable bonds is 5. The summed E-state index contributed by atoms with van der Waals surface area (Å²) in [7, 11) is 0. The fourth-order valence-electron chi connectivity index (χ4n) is 2.42. The lowest BCUT2D eigenvalue weighted by molar-refractivity contribution is -0.124. The van der Waals surface area contributed by atoms with Gasteiger partial charge in [0, 0.05) is 0 Å². The van der Waals surface area contributed by atoms with Crippen LogP contribution in [0.3, 0.4) is 0 Å². The highest BCUT2D eigenvalue weighted by molar-refractivity contribution is 5.91. The minimum atomic E-state index is -0.487. The molecule has 0 heterocycles. The summed E-state index contributed by atoms with van der Waals surface area (Å²) in [6, 6.07) is 15.0. The first-order valence-corrected chi connectivity index (χ1v) is 7.55. The van der Waals surface area contributed by atoms with Crippen LogP contribution in [-0.2, 0) is 9.53 Å². The highest BCUT2D eigenvalue weighted by Crippen LogP contribution is 2.12. The van der Waals surface area contributed by atoms with Crippen LogP contribution in [0, 0.1) is 13.8 Å². The van der Waals surface area contributed by atoms with Crippen molar-refractivity contribution in [2.45, 2.75) is 26.8 Å². The summed E-state index contributed by atoms with van der Waals surface area (Å²) in [4.78, 5) is 23.9. The molecule has 0 spiro atoms. The Labute approximate surface area is 136 Å². The van der Waals surface area contributed by atoms with Crippen molar-refractivity contribution < 1.29 is 14.3 Å². The molecule has 120 valence electrons. The molecule has 0 unspecified atom stereocenters. The van der Waals surface area contributed by atoms with E-state index in [4.69, 9.17) is 4.74 Å². The lowest BCUT2D eigenvalue weighted by atomic mass is 10.1. The molecule has 0 aliphatic carbocycles. The number of aryl methyl sites for hydroxylation is 2. The van der Waals surface area contributed by atoms with Crippen molar-refractivity contribution >= 4 is 11.9 Å². The van der Waals surface area contributed by atoms with E-state index in [2.05, 4.69) is 5.32 Å². The topological polar surface area (TPSA) is 55.4 Å². The number of hydrogen-bond donors (Lipinski definition) is 1. The first-order valence-electron chi connectivity index (χ1n) is 7.55. The molecule has 0 aliphatic heterocycles. The van der Waals surface area contributed by atoms with Gasteiger partial charge in [-0.15, -0.1) is 0 Å². The fraction of sp³-hybridized carbons (Fsp3) is 0.263. The van der Waals surface area contributed by atoms with Crippen LogP contribution in [0.15, 0.2) is 48.5 Å². The molecule has 2 rings (SSSR count). The Hall–Kier alpha value is -2.62. The predicted molar refractivity (Wildman–Crippen MR) is 89.2 cm³/mol. The molecule has 0 saturated carbocycles. The van der Waals surface area contributed by atoms with Gasteiger partial charge in [-0.3, -0.25) is 4.79 Å². The molecule has 4 heteroatoms. The molecule has 0 radical (unpaired) electrons. The van der Waals surface area contributed by atoms with Crippen molar-refractivity contribution in [1.29, 1.82) is 0 Å². The van der Waals surface area contributed by atoms with E-state index in [1.165, 1.54) is 0 Å². The third-order valence-corrected chi connectivity index (χ3v) is 3.47. The third kappa shape index (κ3) is 4.95. The van der Waals surface area contributed by atoms with Gasteiger partial charge in [0.2, 0.25) is 0 Å². The third-order valence-electron chi connectivity index (χ3n) is 3.47. The average molecular weight is 311 g/mol. The first kappa shape index (κ1) is 16.7. The van der Waals surface area contributed by atoms with Gasteiger partial charge in [0.05, 0.1) is 11.6 Å². The Kier molecular flexibility index (Phi) is 5.52. The maximum Gasteiger partial charge on any atom is 0.338 e. The number of esters is 1. The second kappa shape index (κ2) is 7.58. The molecular weight excluding hydrogens is 290 g/mol. The van der Waals surface area contributed by atoms with Gasteiger partial charge in [-0.2, -0.15) is 0 Å². The molecule has 23 heavy (non-hydrogen) atoms. The minimum Gasteiger partial charge on any atom is -0.452 e. The maximum absolute atomic E-state index is 12.0. The highest BCUT2D eigenvalue weighted by atomic mass is 16.5. The zero-order valence-corrected chi connectivity index (χ0v) is 13.6. The number of nitrogens with one attached hydrogen (secondary N) is 1. The van der Waals surface area contributed by atoms with Crippen molar-refractivity contribution in [3.8, 4) is 0 Å². The van der Waals surface area contributed by atoms with E-state index in [1.54, 1.807) is 12.1 Å². The van der Waals surface area contributed by atoms with Crippen LogP contribution in [-0.4, -0.2) is 18.5 Å². The van der Waals surface area contributed by atoms with Crippen LogP contribution >= 0.6 is 0 Å². The lowest BCUT2D eigenvalue weighted by Gasteiger charge is -2.14. The molecule has 0 bridgehead atoms. The van der Waals surface area contributed by atoms with Gasteiger partial charge < -0.3 is 10.1 Å². The highest BCUT2D eigenvalue weighted by Gasteiger charge is 2.13. The summed E-state index contributed by atoms with van der Waals surface area (Å²) >= 11 is 0. The van der Waals surface area contributed by atoms with Crippen LogP contribution in [0.4, 0.5) is 0 Å². The SMILES string of the molecule is Cc1cc(C)cc(C(=O)OCC(=O)N[C@H](C)c2ccccc2)c1. The number of carbonyl (C=O) groups is 2. The molecule has 0 aliphatic rings. The summed E-state index contributed by atoms with van der Waals surface area (Å²) < 4.78 is 5.09. The Morgan fingerprint density at radius 3 is 2.26 bits per heavy atom. The largest absolute Gasteiger partial charge is 0.452 e. The van der Waals surface area contributed by atoms with Gasteiger partial charge in [-0.05, 0) is 38.5 Å². The van der Waals surface area contributed by atoms with E-state index < -0.39 is 5.97 Å². The summed E-state index contributed by atoms with van der Waals surface area (Å²) in [5, 5.41) is 2.81. The van der Waals surface area contributed by atoms with Gasteiger partial charge in [0.25, 0.3) is 5.91 Å². The molecule has 0 saturated heterocycles. The summed E-state index contributed by atoms with van der Waals surface area (Å²) in [6.07, 6.45) is 0. The molecule has 0 fully saturated rings. The van der Waals surface area contributed by atoms with Crippen molar-refractivity contribution in [3.63, 3.8) is 0 Å². The zero-order chi connectivity index (χ0) is 16.8. The van der Waals surface area contributed by atoms with E-state index >= 15 is 0 Å². The Morgan fingerprint density at radius 2 is 1.65 bits per heavy atom. The van der Waals surface area contributed by atoms with E-state index in [-0.39, 0.29) is 18.6 Å². The Balaban J connectivity index is 1.87. The van der Waals surface area contributed by atoms with E-state index in [1.807, 2.05) is 57.2 Å². The van der Waals surface area contributed by atoms with Crippen LogP contribution in [0.2, 0.25) is 0 Å². The monoisotopic (exact) mass is 311 g/mol. The number of benzene rings is 2. The van der Waals surface area contributed by atoms with Crippen LogP contribution in [0.5, 0.6) is 0 Å². The molecular formula is C19H21NO3. The fourth-order valence-corrected chi connectivity index (χ4v) is 2.42. The summed E-state index contributed by atoms with van der Waals surface area (Å²) in [5.41, 5.74) is 3.44. The van der Waals surface area contributed by atoms with Crippen LogP contribution in [0.1, 0.15) is 40.0 Å². The smallest absolute Gasteiger partial charge is 0.338 e. The quantitative estimate of drug-likeness (QED) is 0.862. The number of carbonyl (C=O) groups excluding carboxylic acids is 2. The van der Waals surface area contributed by atoms with E-state index in [0.717, 1.165) is 16.7 Å². The Morgan fingerprint density at radius 1 is 1.04 bits per heavy atom. The van der Waals surface area contributed by atoms with Crippen LogP contribution in [0.25, 0.3) is 0 Å². The minimum absolute atomic E-state index is 0.136.